The third-order valence-electron chi connectivity index (χ3n) is 6.09. The standard InChI is InChI=1S/C29H22ClF2N9/c30-23-10-20(9-22-26(18(12-33)14-37-28(22)23)40-21-11-24(31)29(32)38-15-21)39-27(17-5-4-8-35-13-17)25(41-34)16-36-19-6-2-1-3-7-19/h1-11,13-16,27,36,39,41H,34H2,(H,37,40)/b25-16-/t27-/m0/s1. The second-order valence-electron chi connectivity index (χ2n) is 8.75. The van der Waals surface area contributed by atoms with Crippen molar-refractivity contribution in [3.05, 3.63) is 125 Å². The van der Waals surface area contributed by atoms with Crippen LogP contribution in [0.25, 0.3) is 10.9 Å². The first-order valence-electron chi connectivity index (χ1n) is 12.2. The average molecular weight is 570 g/mol. The van der Waals surface area contributed by atoms with Gasteiger partial charge in [0, 0.05) is 47.6 Å². The van der Waals surface area contributed by atoms with Gasteiger partial charge >= 0.3 is 0 Å². The molecule has 0 bridgehead atoms. The second-order valence-corrected chi connectivity index (χ2v) is 9.16. The number of hydrogen-bond acceptors (Lipinski definition) is 9. The second kappa shape index (κ2) is 12.3. The lowest BCUT2D eigenvalue weighted by molar-refractivity contribution is 0.480. The Morgan fingerprint density at radius 3 is 2.51 bits per heavy atom. The molecule has 5 rings (SSSR count). The minimum Gasteiger partial charge on any atom is -0.373 e. The largest absolute Gasteiger partial charge is 0.373 e. The lowest BCUT2D eigenvalue weighted by Crippen LogP contribution is -2.30. The number of pyridine rings is 3. The number of para-hydroxylation sites is 1. The molecule has 0 radical (unpaired) electrons. The molecule has 9 nitrogen and oxygen atoms in total. The lowest BCUT2D eigenvalue weighted by atomic mass is 10.0. The number of nitrogens with zero attached hydrogens (tertiary/aromatic N) is 4. The third-order valence-corrected chi connectivity index (χ3v) is 6.37. The Morgan fingerprint density at radius 2 is 1.80 bits per heavy atom. The van der Waals surface area contributed by atoms with E-state index in [1.807, 2.05) is 36.4 Å². The highest BCUT2D eigenvalue weighted by Crippen LogP contribution is 2.36. The summed E-state index contributed by atoms with van der Waals surface area (Å²) in [5, 5.41) is 20.1. The molecule has 1 atom stereocenters. The molecule has 0 amide bonds. The van der Waals surface area contributed by atoms with E-state index in [2.05, 4.69) is 42.4 Å². The van der Waals surface area contributed by atoms with E-state index in [4.69, 9.17) is 17.4 Å². The number of nitrogens with two attached hydrogens (primary N) is 1. The van der Waals surface area contributed by atoms with Crippen LogP contribution in [0.4, 0.5) is 31.5 Å². The van der Waals surface area contributed by atoms with Crippen molar-refractivity contribution < 1.29 is 8.78 Å². The highest BCUT2D eigenvalue weighted by atomic mass is 35.5. The molecule has 3 heterocycles. The fraction of sp³-hybridized carbons (Fsp3) is 0.0345. The van der Waals surface area contributed by atoms with E-state index in [1.54, 1.807) is 36.8 Å². The number of halogens is 3. The van der Waals surface area contributed by atoms with E-state index in [-0.39, 0.29) is 11.3 Å². The number of hydrazine groups is 1. The number of anilines is 4. The van der Waals surface area contributed by atoms with Crippen molar-refractivity contribution in [1.29, 1.82) is 5.26 Å². The minimum atomic E-state index is -1.23. The highest BCUT2D eigenvalue weighted by Gasteiger charge is 2.20. The molecule has 2 aromatic carbocycles. The molecular formula is C29H22ClF2N9. The van der Waals surface area contributed by atoms with Gasteiger partial charge in [-0.3, -0.25) is 15.8 Å². The van der Waals surface area contributed by atoms with Gasteiger partial charge < -0.3 is 21.4 Å². The number of aromatic nitrogens is 3. The van der Waals surface area contributed by atoms with E-state index >= 15 is 0 Å². The van der Waals surface area contributed by atoms with Gasteiger partial charge in [0.05, 0.1) is 45.4 Å². The van der Waals surface area contributed by atoms with Crippen LogP contribution in [0.5, 0.6) is 0 Å². The first-order valence-corrected chi connectivity index (χ1v) is 12.6. The van der Waals surface area contributed by atoms with E-state index in [9.17, 15) is 14.0 Å². The molecule has 6 N–H and O–H groups in total. The van der Waals surface area contributed by atoms with Crippen LogP contribution >= 0.6 is 11.6 Å². The molecule has 3 aromatic heterocycles. The van der Waals surface area contributed by atoms with E-state index in [0.717, 1.165) is 23.5 Å². The maximum absolute atomic E-state index is 13.9. The summed E-state index contributed by atoms with van der Waals surface area (Å²) in [6.07, 6.45) is 7.57. The minimum absolute atomic E-state index is 0.139. The molecule has 41 heavy (non-hydrogen) atoms. The van der Waals surface area contributed by atoms with Gasteiger partial charge in [-0.2, -0.15) is 9.65 Å². The van der Waals surface area contributed by atoms with Gasteiger partial charge in [0.2, 0.25) is 5.95 Å². The molecular weight excluding hydrogens is 548 g/mol. The predicted octanol–water partition coefficient (Wildman–Crippen LogP) is 6.14. The van der Waals surface area contributed by atoms with Crippen LogP contribution in [0.15, 0.2) is 97.3 Å². The van der Waals surface area contributed by atoms with Gasteiger partial charge in [-0.1, -0.05) is 35.9 Å². The van der Waals surface area contributed by atoms with Crippen molar-refractivity contribution in [3.63, 3.8) is 0 Å². The zero-order valence-electron chi connectivity index (χ0n) is 21.2. The van der Waals surface area contributed by atoms with Crippen LogP contribution in [0.1, 0.15) is 17.2 Å². The summed E-state index contributed by atoms with van der Waals surface area (Å²) in [5.41, 5.74) is 6.52. The summed E-state index contributed by atoms with van der Waals surface area (Å²) in [6.45, 7) is 0. The molecule has 0 saturated heterocycles. The molecule has 0 saturated carbocycles. The lowest BCUT2D eigenvalue weighted by Gasteiger charge is -2.24. The predicted molar refractivity (Wildman–Crippen MR) is 155 cm³/mol. The van der Waals surface area contributed by atoms with Gasteiger partial charge in [0.25, 0.3) is 0 Å². The van der Waals surface area contributed by atoms with Gasteiger partial charge in [-0.05, 0) is 35.9 Å². The Balaban J connectivity index is 1.58. The number of nitrogens with one attached hydrogen (secondary N) is 4. The van der Waals surface area contributed by atoms with Gasteiger partial charge in [-0.25, -0.2) is 9.37 Å². The van der Waals surface area contributed by atoms with E-state index in [1.165, 1.54) is 6.20 Å². The molecule has 0 spiro atoms. The van der Waals surface area contributed by atoms with Gasteiger partial charge in [-0.15, -0.1) is 0 Å². The van der Waals surface area contributed by atoms with Crippen LogP contribution < -0.4 is 27.2 Å². The van der Waals surface area contributed by atoms with Crippen molar-refractivity contribution in [3.8, 4) is 6.07 Å². The summed E-state index contributed by atoms with van der Waals surface area (Å²) >= 11 is 6.65. The summed E-state index contributed by atoms with van der Waals surface area (Å²) in [6, 6.07) is 19.2. The molecule has 0 aliphatic carbocycles. The van der Waals surface area contributed by atoms with E-state index < -0.39 is 17.8 Å². The topological polar surface area (TPSA) is 137 Å². The first-order chi connectivity index (χ1) is 20.0. The first kappa shape index (κ1) is 27.3. The summed E-state index contributed by atoms with van der Waals surface area (Å²) < 4.78 is 27.3. The molecule has 204 valence electrons. The Labute approximate surface area is 238 Å². The highest BCUT2D eigenvalue weighted by molar-refractivity contribution is 6.36. The number of nitriles is 1. The quantitative estimate of drug-likeness (QED) is 0.0805. The van der Waals surface area contributed by atoms with Gasteiger partial charge in [0.1, 0.15) is 6.07 Å². The Hall–Kier alpha value is -5.31. The summed E-state index contributed by atoms with van der Waals surface area (Å²) in [4.78, 5) is 12.0. The van der Waals surface area contributed by atoms with Crippen molar-refractivity contribution in [2.45, 2.75) is 6.04 Å². The van der Waals surface area contributed by atoms with Crippen LogP contribution in [0, 0.1) is 23.1 Å². The third kappa shape index (κ3) is 6.14. The molecule has 0 fully saturated rings. The Bertz CT molecular complexity index is 1760. The van der Waals surface area contributed by atoms with Crippen LogP contribution in [0.2, 0.25) is 5.02 Å². The SMILES string of the molecule is N#Cc1cnc2c(Cl)cc(N[C@H](/C(=C/Nc3ccccc3)NN)c3cccnc3)cc2c1Nc1cnc(F)c(F)c1. The average Bonchev–Trinajstić information content (AvgIpc) is 3.00. The summed E-state index contributed by atoms with van der Waals surface area (Å²) in [7, 11) is 0. The monoisotopic (exact) mass is 569 g/mol. The van der Waals surface area contributed by atoms with Gasteiger partial charge in [0.15, 0.2) is 5.82 Å². The Morgan fingerprint density at radius 1 is 0.976 bits per heavy atom. The van der Waals surface area contributed by atoms with Crippen LogP contribution in [-0.4, -0.2) is 15.0 Å². The Kier molecular flexibility index (Phi) is 8.15. The number of hydrogen-bond donors (Lipinski definition) is 5. The van der Waals surface area contributed by atoms with Crippen molar-refractivity contribution in [1.82, 2.24) is 20.4 Å². The molecule has 0 aliphatic rings. The zero-order chi connectivity index (χ0) is 28.8. The van der Waals surface area contributed by atoms with E-state index in [0.29, 0.717) is 33.0 Å². The maximum Gasteiger partial charge on any atom is 0.249 e. The van der Waals surface area contributed by atoms with Crippen molar-refractivity contribution >= 4 is 45.3 Å². The normalized spacial score (nSPS) is 11.9. The van der Waals surface area contributed by atoms with Crippen molar-refractivity contribution in [2.75, 3.05) is 16.0 Å². The summed E-state index contributed by atoms with van der Waals surface area (Å²) in [5.74, 6) is 3.59. The number of rotatable bonds is 9. The molecule has 12 heteroatoms. The molecule has 0 aliphatic heterocycles. The molecule has 0 unspecified atom stereocenters. The smallest absolute Gasteiger partial charge is 0.249 e. The van der Waals surface area contributed by atoms with Crippen molar-refractivity contribution in [2.24, 2.45) is 5.84 Å². The van der Waals surface area contributed by atoms with Crippen LogP contribution in [0.3, 0.4) is 0 Å². The number of fused-ring (bicyclic) bond motifs is 1. The molecule has 5 aromatic rings. The fourth-order valence-corrected chi connectivity index (χ4v) is 4.42. The fourth-order valence-electron chi connectivity index (χ4n) is 4.15. The zero-order valence-corrected chi connectivity index (χ0v) is 22.0. The number of benzene rings is 2. The maximum atomic E-state index is 13.9. The van der Waals surface area contributed by atoms with Crippen LogP contribution in [-0.2, 0) is 0 Å².